The van der Waals surface area contributed by atoms with Crippen LogP contribution >= 0.6 is 0 Å². The van der Waals surface area contributed by atoms with E-state index < -0.39 is 0 Å². The van der Waals surface area contributed by atoms with E-state index in [9.17, 15) is 4.79 Å². The van der Waals surface area contributed by atoms with Crippen LogP contribution < -0.4 is 15.8 Å². The molecule has 0 aromatic heterocycles. The number of benzene rings is 1. The number of hydrogen-bond donors (Lipinski definition) is 2. The van der Waals surface area contributed by atoms with Gasteiger partial charge in [0.05, 0.1) is 18.5 Å². The van der Waals surface area contributed by atoms with Crippen molar-refractivity contribution in [2.45, 2.75) is 32.1 Å². The van der Waals surface area contributed by atoms with Gasteiger partial charge in [0.1, 0.15) is 5.75 Å². The molecule has 1 fully saturated rings. The van der Waals surface area contributed by atoms with E-state index >= 15 is 0 Å². The Morgan fingerprint density at radius 3 is 2.78 bits per heavy atom. The Hall–Kier alpha value is -1.71. The van der Waals surface area contributed by atoms with Crippen molar-refractivity contribution in [1.82, 2.24) is 0 Å². The molecule has 98 valence electrons. The van der Waals surface area contributed by atoms with Crippen molar-refractivity contribution < 1.29 is 9.53 Å². The zero-order valence-electron chi connectivity index (χ0n) is 10.7. The predicted molar refractivity (Wildman–Crippen MR) is 72.6 cm³/mol. The minimum atomic E-state index is 0.0544. The summed E-state index contributed by atoms with van der Waals surface area (Å²) in [4.78, 5) is 11.9. The molecular formula is C14H20N2O2. The number of rotatable bonds is 4. The molecule has 1 saturated carbocycles. The number of ether oxygens (including phenoxy) is 1. The van der Waals surface area contributed by atoms with Gasteiger partial charge in [-0.2, -0.15) is 0 Å². The fraction of sp³-hybridized carbons (Fsp3) is 0.500. The third kappa shape index (κ3) is 3.15. The van der Waals surface area contributed by atoms with Gasteiger partial charge in [0.25, 0.3) is 0 Å². The van der Waals surface area contributed by atoms with Crippen LogP contribution in [0, 0.1) is 5.92 Å². The summed E-state index contributed by atoms with van der Waals surface area (Å²) >= 11 is 0. The summed E-state index contributed by atoms with van der Waals surface area (Å²) in [5.41, 5.74) is 7.06. The Labute approximate surface area is 108 Å². The third-order valence-corrected chi connectivity index (χ3v) is 3.48. The van der Waals surface area contributed by atoms with Gasteiger partial charge in [0, 0.05) is 12.5 Å². The lowest BCUT2D eigenvalue weighted by Crippen LogP contribution is -2.16. The molecular weight excluding hydrogens is 228 g/mol. The van der Waals surface area contributed by atoms with E-state index in [1.54, 1.807) is 25.3 Å². The van der Waals surface area contributed by atoms with Crippen LogP contribution in [0.25, 0.3) is 0 Å². The highest BCUT2D eigenvalue weighted by atomic mass is 16.5. The maximum Gasteiger partial charge on any atom is 0.224 e. The van der Waals surface area contributed by atoms with Crippen LogP contribution in [0.15, 0.2) is 18.2 Å². The smallest absolute Gasteiger partial charge is 0.224 e. The molecule has 1 aliphatic carbocycles. The monoisotopic (exact) mass is 248 g/mol. The number of carbonyl (C=O) groups is 1. The number of amides is 1. The lowest BCUT2D eigenvalue weighted by atomic mass is 10.0. The molecule has 2 rings (SSSR count). The fourth-order valence-corrected chi connectivity index (χ4v) is 2.46. The fourth-order valence-electron chi connectivity index (χ4n) is 2.46. The standard InChI is InChI=1S/C14H20N2O2/c1-18-11-6-7-13(12(15)9-11)16-14(17)8-10-4-2-3-5-10/h6-7,9-10H,2-5,8,15H2,1H3,(H,16,17). The highest BCUT2D eigenvalue weighted by molar-refractivity contribution is 5.94. The molecule has 1 aromatic carbocycles. The molecule has 0 saturated heterocycles. The second-order valence-electron chi connectivity index (χ2n) is 4.86. The Kier molecular flexibility index (Phi) is 4.07. The number of nitrogens with two attached hydrogens (primary N) is 1. The molecule has 0 aliphatic heterocycles. The summed E-state index contributed by atoms with van der Waals surface area (Å²) in [6.45, 7) is 0. The van der Waals surface area contributed by atoms with Crippen LogP contribution in [0.5, 0.6) is 5.75 Å². The minimum absolute atomic E-state index is 0.0544. The number of anilines is 2. The topological polar surface area (TPSA) is 64.3 Å². The normalized spacial score (nSPS) is 15.6. The van der Waals surface area contributed by atoms with Gasteiger partial charge in [-0.15, -0.1) is 0 Å². The van der Waals surface area contributed by atoms with Crippen LogP contribution in [-0.2, 0) is 4.79 Å². The van der Waals surface area contributed by atoms with Crippen molar-refractivity contribution in [3.05, 3.63) is 18.2 Å². The van der Waals surface area contributed by atoms with Gasteiger partial charge < -0.3 is 15.8 Å². The molecule has 0 atom stereocenters. The molecule has 0 spiro atoms. The molecule has 18 heavy (non-hydrogen) atoms. The summed E-state index contributed by atoms with van der Waals surface area (Å²) in [6, 6.07) is 5.29. The third-order valence-electron chi connectivity index (χ3n) is 3.48. The van der Waals surface area contributed by atoms with Gasteiger partial charge in [0.2, 0.25) is 5.91 Å². The first kappa shape index (κ1) is 12.7. The van der Waals surface area contributed by atoms with Crippen LogP contribution in [0.4, 0.5) is 11.4 Å². The van der Waals surface area contributed by atoms with Crippen molar-refractivity contribution in [2.24, 2.45) is 5.92 Å². The molecule has 4 nitrogen and oxygen atoms in total. The minimum Gasteiger partial charge on any atom is -0.497 e. The molecule has 3 N–H and O–H groups in total. The SMILES string of the molecule is COc1ccc(NC(=O)CC2CCCC2)c(N)c1. The number of carbonyl (C=O) groups excluding carboxylic acids is 1. The number of nitrogen functional groups attached to an aromatic ring is 1. The molecule has 0 heterocycles. The van der Waals surface area contributed by atoms with Gasteiger partial charge >= 0.3 is 0 Å². The Bertz CT molecular complexity index is 426. The van der Waals surface area contributed by atoms with Gasteiger partial charge in [0.15, 0.2) is 0 Å². The highest BCUT2D eigenvalue weighted by Gasteiger charge is 2.18. The second kappa shape index (κ2) is 5.76. The van der Waals surface area contributed by atoms with Gasteiger partial charge in [-0.1, -0.05) is 12.8 Å². The first-order valence-corrected chi connectivity index (χ1v) is 6.42. The summed E-state index contributed by atoms with van der Waals surface area (Å²) in [5, 5.41) is 2.87. The van der Waals surface area contributed by atoms with Crippen LogP contribution in [0.3, 0.4) is 0 Å². The largest absolute Gasteiger partial charge is 0.497 e. The molecule has 0 radical (unpaired) electrons. The van der Waals surface area contributed by atoms with Crippen molar-refractivity contribution in [3.8, 4) is 5.75 Å². The lowest BCUT2D eigenvalue weighted by molar-refractivity contribution is -0.117. The van der Waals surface area contributed by atoms with Crippen LogP contribution in [0.1, 0.15) is 32.1 Å². The van der Waals surface area contributed by atoms with Crippen molar-refractivity contribution in [1.29, 1.82) is 0 Å². The van der Waals surface area contributed by atoms with Crippen molar-refractivity contribution >= 4 is 17.3 Å². The summed E-state index contributed by atoms with van der Waals surface area (Å²) in [6.07, 6.45) is 5.45. The summed E-state index contributed by atoms with van der Waals surface area (Å²) in [7, 11) is 1.59. The van der Waals surface area contributed by atoms with E-state index in [4.69, 9.17) is 10.5 Å². The van der Waals surface area contributed by atoms with Gasteiger partial charge in [-0.05, 0) is 30.9 Å². The first-order valence-electron chi connectivity index (χ1n) is 6.42. The van der Waals surface area contributed by atoms with Crippen LogP contribution in [0.2, 0.25) is 0 Å². The average Bonchev–Trinajstić information content (AvgIpc) is 2.84. The van der Waals surface area contributed by atoms with E-state index in [1.807, 2.05) is 0 Å². The average molecular weight is 248 g/mol. The first-order chi connectivity index (χ1) is 8.69. The Balaban J connectivity index is 1.93. The van der Waals surface area contributed by atoms with E-state index in [0.717, 1.165) is 0 Å². The van der Waals surface area contributed by atoms with Gasteiger partial charge in [-0.25, -0.2) is 0 Å². The number of hydrogen-bond acceptors (Lipinski definition) is 3. The van der Waals surface area contributed by atoms with E-state index in [1.165, 1.54) is 25.7 Å². The molecule has 1 aliphatic rings. The lowest BCUT2D eigenvalue weighted by Gasteiger charge is -2.12. The highest BCUT2D eigenvalue weighted by Crippen LogP contribution is 2.29. The van der Waals surface area contributed by atoms with E-state index in [0.29, 0.717) is 29.5 Å². The van der Waals surface area contributed by atoms with Crippen LogP contribution in [-0.4, -0.2) is 13.0 Å². The maximum atomic E-state index is 11.9. The zero-order chi connectivity index (χ0) is 13.0. The summed E-state index contributed by atoms with van der Waals surface area (Å²) in [5.74, 6) is 1.30. The second-order valence-corrected chi connectivity index (χ2v) is 4.86. The summed E-state index contributed by atoms with van der Waals surface area (Å²) < 4.78 is 5.07. The van der Waals surface area contributed by atoms with E-state index in [2.05, 4.69) is 5.32 Å². The van der Waals surface area contributed by atoms with Crippen molar-refractivity contribution in [3.63, 3.8) is 0 Å². The van der Waals surface area contributed by atoms with E-state index in [-0.39, 0.29) is 5.91 Å². The Morgan fingerprint density at radius 2 is 2.17 bits per heavy atom. The molecule has 0 unspecified atom stereocenters. The molecule has 1 aromatic rings. The maximum absolute atomic E-state index is 11.9. The molecule has 0 bridgehead atoms. The van der Waals surface area contributed by atoms with Crippen molar-refractivity contribution in [2.75, 3.05) is 18.2 Å². The Morgan fingerprint density at radius 1 is 1.44 bits per heavy atom. The number of nitrogens with one attached hydrogen (secondary N) is 1. The predicted octanol–water partition coefficient (Wildman–Crippen LogP) is 2.80. The quantitative estimate of drug-likeness (QED) is 0.805. The molecule has 1 amide bonds. The molecule has 4 heteroatoms. The number of methoxy groups -OCH3 is 1. The zero-order valence-corrected chi connectivity index (χ0v) is 10.7. The van der Waals surface area contributed by atoms with Gasteiger partial charge in [-0.3, -0.25) is 4.79 Å².